The Morgan fingerprint density at radius 3 is 2.75 bits per heavy atom. The summed E-state index contributed by atoms with van der Waals surface area (Å²) in [4.78, 5) is -1.86. The monoisotopic (exact) mass is 188 g/mol. The van der Waals surface area contributed by atoms with E-state index in [9.17, 15) is 0 Å². The van der Waals surface area contributed by atoms with Crippen LogP contribution in [0.4, 0.5) is 0 Å². The van der Waals surface area contributed by atoms with Crippen LogP contribution in [-0.2, 0) is 16.3 Å². The molecule has 1 unspecified atom stereocenters. The van der Waals surface area contributed by atoms with E-state index in [1.165, 1.54) is 0 Å². The van der Waals surface area contributed by atoms with Crippen LogP contribution in [0.15, 0.2) is 0 Å². The highest BCUT2D eigenvalue weighted by Crippen LogP contribution is 2.66. The van der Waals surface area contributed by atoms with Crippen molar-refractivity contribution in [2.24, 2.45) is 0 Å². The van der Waals surface area contributed by atoms with Crippen LogP contribution in [0.3, 0.4) is 0 Å². The lowest BCUT2D eigenvalue weighted by atomic mass is 10.5. The van der Waals surface area contributed by atoms with Crippen LogP contribution in [-0.4, -0.2) is 12.4 Å². The Balaban J connectivity index is 2.45. The quantitative estimate of drug-likeness (QED) is 0.541. The maximum Gasteiger partial charge on any atom is 0.207 e. The van der Waals surface area contributed by atoms with Crippen molar-refractivity contribution in [2.45, 2.75) is 6.42 Å². The molecule has 0 aliphatic carbocycles. The lowest BCUT2D eigenvalue weighted by molar-refractivity contribution is 0.362. The molecule has 0 aromatic heterocycles. The summed E-state index contributed by atoms with van der Waals surface area (Å²) in [5.74, 6) is 1.07. The first kappa shape index (κ1) is 7.36. The zero-order chi connectivity index (χ0) is 6.04. The smallest absolute Gasteiger partial charge is 0.207 e. The highest BCUT2D eigenvalue weighted by Gasteiger charge is 2.17. The summed E-state index contributed by atoms with van der Waals surface area (Å²) < 4.78 is 5.12. The largest absolute Gasteiger partial charge is 0.330 e. The van der Waals surface area contributed by atoms with E-state index < -0.39 is 4.82 Å². The molecule has 1 aliphatic heterocycles. The lowest BCUT2D eigenvalue weighted by Crippen LogP contribution is -1.95. The zero-order valence-corrected chi connectivity index (χ0v) is 7.45. The molecule has 0 saturated carbocycles. The minimum Gasteiger partial charge on any atom is -0.330 e. The average molecular weight is 189 g/mol. The third-order valence-corrected chi connectivity index (χ3v) is 6.28. The number of rotatable bonds is 0. The van der Waals surface area contributed by atoms with Gasteiger partial charge >= 0.3 is 0 Å². The molecule has 1 saturated heterocycles. The second kappa shape index (κ2) is 2.89. The molecule has 1 heterocycles. The zero-order valence-electron chi connectivity index (χ0n) is 4.17. The maximum atomic E-state index is 5.74. The third-order valence-electron chi connectivity index (χ3n) is 0.780. The minimum atomic E-state index is -1.86. The SMILES string of the molecule is S=P1(Cl)OCCCS1. The van der Waals surface area contributed by atoms with E-state index in [2.05, 4.69) is 0 Å². The molecule has 1 fully saturated rings. The fraction of sp³-hybridized carbons (Fsp3) is 1.00. The molecule has 0 spiro atoms. The number of halogens is 1. The molecule has 5 heteroatoms. The van der Waals surface area contributed by atoms with Gasteiger partial charge in [-0.3, -0.25) is 0 Å². The Hall–Kier alpha value is 1.25. The predicted molar refractivity (Wildman–Crippen MR) is 43.2 cm³/mol. The van der Waals surface area contributed by atoms with Crippen molar-refractivity contribution in [3.05, 3.63) is 0 Å². The van der Waals surface area contributed by atoms with Gasteiger partial charge in [0.25, 0.3) is 0 Å². The fourth-order valence-corrected chi connectivity index (χ4v) is 4.54. The van der Waals surface area contributed by atoms with Gasteiger partial charge in [0.15, 0.2) is 0 Å². The molecule has 1 nitrogen and oxygen atoms in total. The van der Waals surface area contributed by atoms with Gasteiger partial charge in [0.2, 0.25) is 4.82 Å². The molecule has 0 aromatic carbocycles. The van der Waals surface area contributed by atoms with E-state index in [0.717, 1.165) is 18.8 Å². The van der Waals surface area contributed by atoms with E-state index in [0.29, 0.717) is 0 Å². The first-order valence-electron chi connectivity index (χ1n) is 2.29. The van der Waals surface area contributed by atoms with E-state index in [-0.39, 0.29) is 0 Å². The van der Waals surface area contributed by atoms with Crippen LogP contribution in [0.1, 0.15) is 6.42 Å². The van der Waals surface area contributed by atoms with Crippen LogP contribution >= 0.6 is 27.4 Å². The van der Waals surface area contributed by atoms with Gasteiger partial charge < -0.3 is 4.52 Å². The van der Waals surface area contributed by atoms with E-state index in [1.54, 1.807) is 11.4 Å². The molecule has 0 bridgehead atoms. The molecule has 0 aromatic rings. The van der Waals surface area contributed by atoms with Gasteiger partial charge in [-0.1, -0.05) is 11.4 Å². The molecular formula is C3H6ClOPS2. The van der Waals surface area contributed by atoms with E-state index in [1.807, 2.05) is 0 Å². The van der Waals surface area contributed by atoms with Gasteiger partial charge in [-0.25, -0.2) is 0 Å². The second-order valence-electron chi connectivity index (χ2n) is 1.45. The second-order valence-corrected chi connectivity index (χ2v) is 10.4. The topological polar surface area (TPSA) is 9.23 Å². The third kappa shape index (κ3) is 2.24. The maximum absolute atomic E-state index is 5.74. The van der Waals surface area contributed by atoms with Crippen molar-refractivity contribution in [3.63, 3.8) is 0 Å². The standard InChI is InChI=1S/C3H6ClOPS2/c4-6(7)5-2-1-3-8-6/h1-3H2. The minimum absolute atomic E-state index is 0.758. The van der Waals surface area contributed by atoms with Crippen molar-refractivity contribution in [1.82, 2.24) is 0 Å². The average Bonchev–Trinajstić information content (AvgIpc) is 1.65. The van der Waals surface area contributed by atoms with Gasteiger partial charge in [0.1, 0.15) is 0 Å². The summed E-state index contributed by atoms with van der Waals surface area (Å²) in [6, 6.07) is 0. The summed E-state index contributed by atoms with van der Waals surface area (Å²) in [6.45, 7) is 0.758. The summed E-state index contributed by atoms with van der Waals surface area (Å²) in [6.07, 6.45) is 1.09. The highest BCUT2D eigenvalue weighted by molar-refractivity contribution is 8.76. The molecular weight excluding hydrogens is 183 g/mol. The predicted octanol–water partition coefficient (Wildman–Crippen LogP) is 2.60. The van der Waals surface area contributed by atoms with Gasteiger partial charge in [0, 0.05) is 5.75 Å². The van der Waals surface area contributed by atoms with Gasteiger partial charge in [0.05, 0.1) is 6.61 Å². The Morgan fingerprint density at radius 2 is 2.50 bits per heavy atom. The molecule has 0 amide bonds. The molecule has 0 radical (unpaired) electrons. The first-order chi connectivity index (χ1) is 3.71. The van der Waals surface area contributed by atoms with Gasteiger partial charge in [-0.2, -0.15) is 0 Å². The molecule has 0 N–H and O–H groups in total. The first-order valence-corrected chi connectivity index (χ1v) is 7.51. The van der Waals surface area contributed by atoms with E-state index in [4.69, 9.17) is 27.6 Å². The van der Waals surface area contributed by atoms with Crippen molar-refractivity contribution < 1.29 is 4.52 Å². The number of hydrogen-bond acceptors (Lipinski definition) is 3. The summed E-state index contributed by atoms with van der Waals surface area (Å²) in [7, 11) is 0. The fourth-order valence-electron chi connectivity index (χ4n) is 0.443. The molecule has 1 aliphatic rings. The van der Waals surface area contributed by atoms with Crippen molar-refractivity contribution in [1.29, 1.82) is 0 Å². The molecule has 48 valence electrons. The lowest BCUT2D eigenvalue weighted by Gasteiger charge is -2.18. The van der Waals surface area contributed by atoms with Crippen LogP contribution in [0.2, 0.25) is 0 Å². The van der Waals surface area contributed by atoms with E-state index >= 15 is 0 Å². The number of hydrogen-bond donors (Lipinski definition) is 0. The Bertz CT molecular complexity index is 118. The van der Waals surface area contributed by atoms with Crippen LogP contribution in [0.5, 0.6) is 0 Å². The summed E-state index contributed by atoms with van der Waals surface area (Å²) >= 11 is 12.2. The Kier molecular flexibility index (Phi) is 2.66. The molecule has 1 rings (SSSR count). The summed E-state index contributed by atoms with van der Waals surface area (Å²) in [5.41, 5.74) is 0. The Morgan fingerprint density at radius 1 is 1.75 bits per heavy atom. The van der Waals surface area contributed by atoms with Crippen LogP contribution in [0.25, 0.3) is 0 Å². The normalized spacial score (nSPS) is 39.6. The van der Waals surface area contributed by atoms with Crippen LogP contribution < -0.4 is 0 Å². The highest BCUT2D eigenvalue weighted by atomic mass is 35.7. The summed E-state index contributed by atoms with van der Waals surface area (Å²) in [5, 5.41) is 0. The van der Waals surface area contributed by atoms with Crippen molar-refractivity contribution in [2.75, 3.05) is 12.4 Å². The van der Waals surface area contributed by atoms with Gasteiger partial charge in [-0.05, 0) is 29.5 Å². The van der Waals surface area contributed by atoms with Gasteiger partial charge in [-0.15, -0.1) is 0 Å². The van der Waals surface area contributed by atoms with Crippen molar-refractivity contribution in [3.8, 4) is 0 Å². The van der Waals surface area contributed by atoms with Crippen LogP contribution in [0, 0.1) is 0 Å². The Labute approximate surface area is 62.8 Å². The molecule has 1 atom stereocenters. The molecule has 8 heavy (non-hydrogen) atoms. The van der Waals surface area contributed by atoms with Crippen molar-refractivity contribution >= 4 is 39.2 Å².